The van der Waals surface area contributed by atoms with E-state index < -0.39 is 21.5 Å². The lowest BCUT2D eigenvalue weighted by molar-refractivity contribution is -0.113. The molecule has 28 heavy (non-hydrogen) atoms. The fraction of sp³-hybridized carbons (Fsp3) is 0.238. The Kier molecular flexibility index (Phi) is 5.96. The highest BCUT2D eigenvalue weighted by Gasteiger charge is 2.19. The van der Waals surface area contributed by atoms with Crippen LogP contribution in [-0.4, -0.2) is 25.1 Å². The van der Waals surface area contributed by atoms with Gasteiger partial charge in [-0.3, -0.25) is 4.79 Å². The Bertz CT molecular complexity index is 1080. The third kappa shape index (κ3) is 5.05. The van der Waals surface area contributed by atoms with Gasteiger partial charge in [-0.05, 0) is 37.5 Å². The Morgan fingerprint density at radius 2 is 1.71 bits per heavy atom. The van der Waals surface area contributed by atoms with Gasteiger partial charge in [-0.25, -0.2) is 13.4 Å². The van der Waals surface area contributed by atoms with Crippen LogP contribution in [0.2, 0.25) is 0 Å². The summed E-state index contributed by atoms with van der Waals surface area (Å²) in [6.07, 6.45) is 0. The minimum atomic E-state index is -3.55. The highest BCUT2D eigenvalue weighted by atomic mass is 32.2. The molecule has 2 aromatic carbocycles. The number of benzene rings is 2. The number of anilines is 1. The van der Waals surface area contributed by atoms with Gasteiger partial charge in [0.2, 0.25) is 5.91 Å². The van der Waals surface area contributed by atoms with Crippen molar-refractivity contribution < 1.29 is 13.2 Å². The number of hydrogen-bond donors (Lipinski definition) is 1. The van der Waals surface area contributed by atoms with E-state index in [0.717, 1.165) is 22.4 Å². The molecule has 0 atom stereocenters. The Morgan fingerprint density at radius 1 is 1.07 bits per heavy atom. The summed E-state index contributed by atoms with van der Waals surface area (Å²) in [5.74, 6) is -1.31. The topological polar surface area (TPSA) is 76.1 Å². The van der Waals surface area contributed by atoms with E-state index >= 15 is 0 Å². The first-order valence-electron chi connectivity index (χ1n) is 8.81. The van der Waals surface area contributed by atoms with E-state index in [0.29, 0.717) is 10.7 Å². The molecular formula is C21H22N2O3S2. The second-order valence-electron chi connectivity index (χ2n) is 6.88. The number of sulfone groups is 1. The fourth-order valence-electron chi connectivity index (χ4n) is 3.26. The first kappa shape index (κ1) is 20.2. The van der Waals surface area contributed by atoms with Crippen LogP contribution in [0.3, 0.4) is 0 Å². The second kappa shape index (κ2) is 8.24. The Balaban J connectivity index is 1.69. The molecule has 0 unspecified atom stereocenters. The molecule has 0 radical (unpaired) electrons. The predicted octanol–water partition coefficient (Wildman–Crippen LogP) is 4.29. The molecule has 1 amide bonds. The van der Waals surface area contributed by atoms with Crippen LogP contribution in [0.15, 0.2) is 47.8 Å². The number of carbonyl (C=O) groups is 1. The third-order valence-electron chi connectivity index (χ3n) is 4.26. The maximum Gasteiger partial charge on any atom is 0.241 e. The number of rotatable bonds is 6. The van der Waals surface area contributed by atoms with Crippen molar-refractivity contribution in [1.82, 2.24) is 4.98 Å². The largest absolute Gasteiger partial charge is 0.301 e. The van der Waals surface area contributed by atoms with E-state index in [1.807, 2.05) is 32.2 Å². The number of aryl methyl sites for hydroxylation is 3. The average molecular weight is 415 g/mol. The molecule has 1 heterocycles. The predicted molar refractivity (Wildman–Crippen MR) is 114 cm³/mol. The molecule has 0 aliphatic rings. The molecule has 0 bridgehead atoms. The molecule has 0 spiro atoms. The van der Waals surface area contributed by atoms with Gasteiger partial charge in [0, 0.05) is 10.9 Å². The summed E-state index contributed by atoms with van der Waals surface area (Å²) < 4.78 is 24.5. The van der Waals surface area contributed by atoms with Crippen LogP contribution in [0.25, 0.3) is 11.3 Å². The number of aromatic nitrogens is 1. The van der Waals surface area contributed by atoms with Crippen LogP contribution in [0.4, 0.5) is 5.13 Å². The molecule has 7 heteroatoms. The average Bonchev–Trinajstić information content (AvgIpc) is 3.01. The van der Waals surface area contributed by atoms with Crippen molar-refractivity contribution in [2.75, 3.05) is 11.1 Å². The Hall–Kier alpha value is -2.51. The molecular weight excluding hydrogens is 392 g/mol. The van der Waals surface area contributed by atoms with Gasteiger partial charge in [-0.1, -0.05) is 48.0 Å². The van der Waals surface area contributed by atoms with Gasteiger partial charge in [0.05, 0.1) is 11.4 Å². The van der Waals surface area contributed by atoms with Crippen LogP contribution in [0.5, 0.6) is 0 Å². The summed E-state index contributed by atoms with van der Waals surface area (Å²) in [6, 6.07) is 13.0. The summed E-state index contributed by atoms with van der Waals surface area (Å²) >= 11 is 1.29. The van der Waals surface area contributed by atoms with Gasteiger partial charge in [0.25, 0.3) is 0 Å². The van der Waals surface area contributed by atoms with Crippen LogP contribution >= 0.6 is 11.3 Å². The highest BCUT2D eigenvalue weighted by Crippen LogP contribution is 2.31. The first-order chi connectivity index (χ1) is 13.2. The molecule has 0 aliphatic heterocycles. The second-order valence-corrected chi connectivity index (χ2v) is 9.80. The van der Waals surface area contributed by atoms with Crippen molar-refractivity contribution in [3.05, 3.63) is 70.1 Å². The van der Waals surface area contributed by atoms with Crippen LogP contribution < -0.4 is 5.32 Å². The first-order valence-corrected chi connectivity index (χ1v) is 11.5. The summed E-state index contributed by atoms with van der Waals surface area (Å²) in [4.78, 5) is 16.7. The van der Waals surface area contributed by atoms with Crippen LogP contribution in [-0.2, 0) is 20.4 Å². The molecule has 146 valence electrons. The van der Waals surface area contributed by atoms with Crippen molar-refractivity contribution in [3.8, 4) is 11.3 Å². The lowest BCUT2D eigenvalue weighted by atomic mass is 9.98. The number of hydrogen-bond acceptors (Lipinski definition) is 5. The summed E-state index contributed by atoms with van der Waals surface area (Å²) in [6.45, 7) is 6.11. The summed E-state index contributed by atoms with van der Waals surface area (Å²) in [5.41, 5.74) is 5.90. The number of thiazole rings is 1. The van der Waals surface area contributed by atoms with Crippen molar-refractivity contribution >= 4 is 32.2 Å². The molecule has 0 fully saturated rings. The summed E-state index contributed by atoms with van der Waals surface area (Å²) in [7, 11) is -3.55. The maximum atomic E-state index is 12.3. The maximum absolute atomic E-state index is 12.3. The van der Waals surface area contributed by atoms with Crippen LogP contribution in [0, 0.1) is 20.8 Å². The van der Waals surface area contributed by atoms with Gasteiger partial charge < -0.3 is 5.32 Å². The molecule has 0 saturated carbocycles. The van der Waals surface area contributed by atoms with E-state index in [-0.39, 0.29) is 5.75 Å². The molecule has 1 N–H and O–H groups in total. The van der Waals surface area contributed by atoms with E-state index in [4.69, 9.17) is 0 Å². The normalized spacial score (nSPS) is 11.4. The number of nitrogens with one attached hydrogen (secondary N) is 1. The van der Waals surface area contributed by atoms with Gasteiger partial charge in [0.1, 0.15) is 5.75 Å². The van der Waals surface area contributed by atoms with E-state index in [2.05, 4.69) is 22.4 Å². The third-order valence-corrected chi connectivity index (χ3v) is 6.50. The van der Waals surface area contributed by atoms with Gasteiger partial charge in [0.15, 0.2) is 15.0 Å². The summed E-state index contributed by atoms with van der Waals surface area (Å²) in [5, 5.41) is 4.88. The molecule has 0 aliphatic carbocycles. The molecule has 3 rings (SSSR count). The Labute approximate surface area is 169 Å². The Morgan fingerprint density at radius 3 is 2.36 bits per heavy atom. The monoisotopic (exact) mass is 414 g/mol. The highest BCUT2D eigenvalue weighted by molar-refractivity contribution is 7.91. The SMILES string of the molecule is Cc1cc(C)c(-c2csc(NC(=O)CS(=O)(=O)Cc3ccccc3)n2)c(C)c1. The van der Waals surface area contributed by atoms with Gasteiger partial charge in [-0.2, -0.15) is 0 Å². The van der Waals surface area contributed by atoms with Gasteiger partial charge in [-0.15, -0.1) is 11.3 Å². The quantitative estimate of drug-likeness (QED) is 0.653. The van der Waals surface area contributed by atoms with E-state index in [1.165, 1.54) is 16.9 Å². The molecule has 5 nitrogen and oxygen atoms in total. The zero-order valence-electron chi connectivity index (χ0n) is 16.0. The zero-order valence-corrected chi connectivity index (χ0v) is 17.7. The van der Waals surface area contributed by atoms with Crippen molar-refractivity contribution in [1.29, 1.82) is 0 Å². The number of amides is 1. The minimum absolute atomic E-state index is 0.161. The van der Waals surface area contributed by atoms with E-state index in [9.17, 15) is 13.2 Å². The van der Waals surface area contributed by atoms with Crippen molar-refractivity contribution in [2.24, 2.45) is 0 Å². The minimum Gasteiger partial charge on any atom is -0.301 e. The number of nitrogens with zero attached hydrogens (tertiary/aromatic N) is 1. The molecule has 3 aromatic rings. The number of carbonyl (C=O) groups excluding carboxylic acids is 1. The van der Waals surface area contributed by atoms with Crippen molar-refractivity contribution in [3.63, 3.8) is 0 Å². The molecule has 0 saturated heterocycles. The fourth-order valence-corrected chi connectivity index (χ4v) is 5.26. The lowest BCUT2D eigenvalue weighted by Gasteiger charge is -2.08. The standard InChI is InChI=1S/C21H22N2O3S2/c1-14-9-15(2)20(16(3)10-14)18-11-27-21(22-18)23-19(24)13-28(25,26)12-17-7-5-4-6-8-17/h4-11H,12-13H2,1-3H3,(H,22,23,24). The zero-order chi connectivity index (χ0) is 20.3. The molecule has 1 aromatic heterocycles. The van der Waals surface area contributed by atoms with Crippen LogP contribution in [0.1, 0.15) is 22.3 Å². The smallest absolute Gasteiger partial charge is 0.241 e. The van der Waals surface area contributed by atoms with Gasteiger partial charge >= 0.3 is 0 Å². The van der Waals surface area contributed by atoms with E-state index in [1.54, 1.807) is 24.3 Å². The lowest BCUT2D eigenvalue weighted by Crippen LogP contribution is -2.23. The van der Waals surface area contributed by atoms with Crippen molar-refractivity contribution in [2.45, 2.75) is 26.5 Å².